The van der Waals surface area contributed by atoms with Crippen molar-refractivity contribution < 1.29 is 13.9 Å². The summed E-state index contributed by atoms with van der Waals surface area (Å²) in [6.07, 6.45) is 1.79. The van der Waals surface area contributed by atoms with Crippen LogP contribution in [0.1, 0.15) is 49.4 Å². The van der Waals surface area contributed by atoms with Gasteiger partial charge in [0.1, 0.15) is 11.6 Å². The summed E-state index contributed by atoms with van der Waals surface area (Å²) in [7, 11) is 2.03. The minimum Gasteiger partial charge on any atom is -0.381 e. The number of anilines is 1. The molecule has 0 saturated carbocycles. The van der Waals surface area contributed by atoms with Crippen molar-refractivity contribution in [2.24, 2.45) is 7.05 Å². The second-order valence-electron chi connectivity index (χ2n) is 9.07. The van der Waals surface area contributed by atoms with Gasteiger partial charge >= 0.3 is 0 Å². The number of hydrogen-bond acceptors (Lipinski definition) is 5. The molecule has 0 atom stereocenters. The van der Waals surface area contributed by atoms with E-state index < -0.39 is 0 Å². The summed E-state index contributed by atoms with van der Waals surface area (Å²) in [5.41, 5.74) is 3.36. The minimum absolute atomic E-state index is 0.111. The maximum atomic E-state index is 14.0. The molecule has 3 heterocycles. The Kier molecular flexibility index (Phi) is 6.94. The summed E-state index contributed by atoms with van der Waals surface area (Å²) in [6, 6.07) is 7.08. The van der Waals surface area contributed by atoms with Crippen LogP contribution in [0.15, 0.2) is 24.3 Å². The topological polar surface area (TPSA) is 51.5 Å². The Labute approximate surface area is 184 Å². The summed E-state index contributed by atoms with van der Waals surface area (Å²) in [4.78, 5) is 2.39. The van der Waals surface area contributed by atoms with Gasteiger partial charge in [-0.25, -0.2) is 4.39 Å². The first-order chi connectivity index (χ1) is 15.0. The molecule has 2 saturated heterocycles. The number of hydrogen-bond donors (Lipinski definition) is 1. The van der Waals surface area contributed by atoms with E-state index >= 15 is 0 Å². The van der Waals surface area contributed by atoms with Crippen LogP contribution in [-0.2, 0) is 28.5 Å². The molecule has 0 aliphatic carbocycles. The number of aromatic nitrogens is 2. The molecule has 0 amide bonds. The van der Waals surface area contributed by atoms with E-state index in [0.29, 0.717) is 19.1 Å². The van der Waals surface area contributed by atoms with Crippen LogP contribution in [0.2, 0.25) is 0 Å². The average Bonchev–Trinajstić information content (AvgIpc) is 3.11. The molecule has 4 rings (SSSR count). The number of rotatable bonds is 7. The highest BCUT2D eigenvalue weighted by Gasteiger charge is 2.35. The SMILES string of the molecule is CC(C)c1nn(C)c(N2CCOCC2)c1CNCC1(c2cccc(F)c2)CCOCC1. The fourth-order valence-corrected chi connectivity index (χ4v) is 4.96. The van der Waals surface area contributed by atoms with Crippen LogP contribution >= 0.6 is 0 Å². The van der Waals surface area contributed by atoms with Crippen molar-refractivity contribution in [3.63, 3.8) is 0 Å². The van der Waals surface area contributed by atoms with Crippen LogP contribution < -0.4 is 10.2 Å². The van der Waals surface area contributed by atoms with E-state index in [0.717, 1.165) is 63.5 Å². The van der Waals surface area contributed by atoms with E-state index in [-0.39, 0.29) is 11.2 Å². The number of nitrogens with zero attached hydrogens (tertiary/aromatic N) is 3. The lowest BCUT2D eigenvalue weighted by molar-refractivity contribution is 0.0496. The number of nitrogens with one attached hydrogen (secondary N) is 1. The smallest absolute Gasteiger partial charge is 0.131 e. The van der Waals surface area contributed by atoms with Gasteiger partial charge in [0.05, 0.1) is 18.9 Å². The number of aryl methyl sites for hydroxylation is 1. The van der Waals surface area contributed by atoms with E-state index in [1.807, 2.05) is 17.8 Å². The van der Waals surface area contributed by atoms with Crippen molar-refractivity contribution in [3.8, 4) is 0 Å². The highest BCUT2D eigenvalue weighted by atomic mass is 19.1. The lowest BCUT2D eigenvalue weighted by atomic mass is 9.74. The van der Waals surface area contributed by atoms with E-state index in [9.17, 15) is 4.39 Å². The molecule has 31 heavy (non-hydrogen) atoms. The predicted molar refractivity (Wildman–Crippen MR) is 120 cm³/mol. The van der Waals surface area contributed by atoms with Crippen molar-refractivity contribution in [1.82, 2.24) is 15.1 Å². The second kappa shape index (κ2) is 9.67. The Morgan fingerprint density at radius 2 is 1.84 bits per heavy atom. The summed E-state index contributed by atoms with van der Waals surface area (Å²) < 4.78 is 27.2. The molecule has 0 spiro atoms. The van der Waals surface area contributed by atoms with E-state index in [4.69, 9.17) is 14.6 Å². The van der Waals surface area contributed by atoms with Gasteiger partial charge in [0.2, 0.25) is 0 Å². The minimum atomic E-state index is -0.174. The maximum Gasteiger partial charge on any atom is 0.131 e. The summed E-state index contributed by atoms with van der Waals surface area (Å²) in [6.45, 7) is 10.6. The normalized spacial score (nSPS) is 19.2. The first-order valence-corrected chi connectivity index (χ1v) is 11.4. The summed E-state index contributed by atoms with van der Waals surface area (Å²) in [5, 5.41) is 8.59. The van der Waals surface area contributed by atoms with Gasteiger partial charge in [0.15, 0.2) is 0 Å². The molecular formula is C24H35FN4O2. The van der Waals surface area contributed by atoms with Crippen LogP contribution in [0.3, 0.4) is 0 Å². The van der Waals surface area contributed by atoms with Gasteiger partial charge in [-0.1, -0.05) is 26.0 Å². The number of ether oxygens (including phenoxy) is 2. The standard InChI is InChI=1S/C24H35FN4O2/c1-18(2)22-21(23(28(3)27-22)29-9-13-31-14-10-29)16-26-17-24(7-11-30-12-8-24)19-5-4-6-20(25)15-19/h4-6,15,18,26H,7-14,16-17H2,1-3H3. The number of halogens is 1. The highest BCUT2D eigenvalue weighted by molar-refractivity contribution is 5.51. The quantitative estimate of drug-likeness (QED) is 0.730. The molecule has 0 bridgehead atoms. The van der Waals surface area contributed by atoms with E-state index in [1.54, 1.807) is 6.07 Å². The van der Waals surface area contributed by atoms with Gasteiger partial charge in [0, 0.05) is 57.4 Å². The van der Waals surface area contributed by atoms with Crippen molar-refractivity contribution in [3.05, 3.63) is 46.9 Å². The molecule has 0 radical (unpaired) electrons. The Balaban J connectivity index is 1.56. The summed E-state index contributed by atoms with van der Waals surface area (Å²) in [5.74, 6) is 1.36. The second-order valence-corrected chi connectivity index (χ2v) is 9.07. The molecule has 2 aromatic rings. The third-order valence-corrected chi connectivity index (χ3v) is 6.65. The van der Waals surface area contributed by atoms with Crippen molar-refractivity contribution >= 4 is 5.82 Å². The van der Waals surface area contributed by atoms with Gasteiger partial charge < -0.3 is 19.7 Å². The van der Waals surface area contributed by atoms with Crippen LogP contribution in [0, 0.1) is 5.82 Å². The third kappa shape index (κ3) is 4.78. The van der Waals surface area contributed by atoms with Crippen LogP contribution in [0.4, 0.5) is 10.2 Å². The van der Waals surface area contributed by atoms with Gasteiger partial charge in [-0.05, 0) is 36.5 Å². The van der Waals surface area contributed by atoms with Crippen LogP contribution in [-0.4, -0.2) is 55.8 Å². The van der Waals surface area contributed by atoms with Gasteiger partial charge in [-0.2, -0.15) is 5.10 Å². The largest absolute Gasteiger partial charge is 0.381 e. The molecule has 0 unspecified atom stereocenters. The predicted octanol–water partition coefficient (Wildman–Crippen LogP) is 3.36. The number of morpholine rings is 1. The molecule has 1 N–H and O–H groups in total. The fraction of sp³-hybridized carbons (Fsp3) is 0.625. The van der Waals surface area contributed by atoms with Crippen molar-refractivity contribution in [2.75, 3.05) is 51.0 Å². The van der Waals surface area contributed by atoms with Crippen molar-refractivity contribution in [2.45, 2.75) is 44.6 Å². The number of benzene rings is 1. The van der Waals surface area contributed by atoms with Gasteiger partial charge in [0.25, 0.3) is 0 Å². The molecule has 2 fully saturated rings. The maximum absolute atomic E-state index is 14.0. The third-order valence-electron chi connectivity index (χ3n) is 6.65. The fourth-order valence-electron chi connectivity index (χ4n) is 4.96. The van der Waals surface area contributed by atoms with Crippen LogP contribution in [0.25, 0.3) is 0 Å². The zero-order valence-electron chi connectivity index (χ0n) is 19.0. The molecule has 170 valence electrons. The zero-order valence-corrected chi connectivity index (χ0v) is 19.0. The first-order valence-electron chi connectivity index (χ1n) is 11.4. The Morgan fingerprint density at radius 1 is 1.13 bits per heavy atom. The Morgan fingerprint density at radius 3 is 2.52 bits per heavy atom. The molecule has 7 heteroatoms. The lowest BCUT2D eigenvalue weighted by Crippen LogP contribution is -2.43. The van der Waals surface area contributed by atoms with Gasteiger partial charge in [-0.3, -0.25) is 4.68 Å². The highest BCUT2D eigenvalue weighted by Crippen LogP contribution is 2.35. The molecule has 1 aromatic carbocycles. The van der Waals surface area contributed by atoms with Crippen LogP contribution in [0.5, 0.6) is 0 Å². The molecule has 2 aliphatic rings. The lowest BCUT2D eigenvalue weighted by Gasteiger charge is -2.38. The van der Waals surface area contributed by atoms with Gasteiger partial charge in [-0.15, -0.1) is 0 Å². The van der Waals surface area contributed by atoms with E-state index in [2.05, 4.69) is 30.1 Å². The zero-order chi connectivity index (χ0) is 21.8. The summed E-state index contributed by atoms with van der Waals surface area (Å²) >= 11 is 0. The molecule has 2 aliphatic heterocycles. The first kappa shape index (κ1) is 22.2. The average molecular weight is 431 g/mol. The monoisotopic (exact) mass is 430 g/mol. The molecule has 1 aromatic heterocycles. The molecular weight excluding hydrogens is 395 g/mol. The van der Waals surface area contributed by atoms with Crippen molar-refractivity contribution in [1.29, 1.82) is 0 Å². The Hall–Kier alpha value is -1.96. The van der Waals surface area contributed by atoms with E-state index in [1.165, 1.54) is 17.4 Å². The molecule has 6 nitrogen and oxygen atoms in total. The Bertz CT molecular complexity index is 870.